The number of halogens is 1. The van der Waals surface area contributed by atoms with E-state index in [4.69, 9.17) is 5.11 Å². The highest BCUT2D eigenvalue weighted by atomic mass is 127. The summed E-state index contributed by atoms with van der Waals surface area (Å²) in [6.07, 6.45) is 1.39. The van der Waals surface area contributed by atoms with Gasteiger partial charge in [-0.15, -0.1) is 0 Å². The van der Waals surface area contributed by atoms with E-state index in [2.05, 4.69) is 22.6 Å². The van der Waals surface area contributed by atoms with E-state index in [1.54, 1.807) is 0 Å². The maximum Gasteiger partial charge on any atom is 0.227 e. The van der Waals surface area contributed by atoms with E-state index in [0.29, 0.717) is 13.0 Å². The Labute approximate surface area is 115 Å². The van der Waals surface area contributed by atoms with Gasteiger partial charge in [0.2, 0.25) is 5.91 Å². The highest BCUT2D eigenvalue weighted by Crippen LogP contribution is 2.18. The van der Waals surface area contributed by atoms with Gasteiger partial charge in [-0.1, -0.05) is 18.2 Å². The molecule has 1 aromatic rings. The lowest BCUT2D eigenvalue weighted by molar-refractivity contribution is -0.129. The van der Waals surface area contributed by atoms with Crippen LogP contribution in [0, 0.1) is 9.49 Å². The summed E-state index contributed by atoms with van der Waals surface area (Å²) >= 11 is 2.26. The van der Waals surface area contributed by atoms with E-state index >= 15 is 0 Å². The second-order valence-electron chi connectivity index (χ2n) is 4.45. The van der Waals surface area contributed by atoms with Gasteiger partial charge < -0.3 is 10.0 Å². The lowest BCUT2D eigenvalue weighted by atomic mass is 10.1. The van der Waals surface area contributed by atoms with Crippen molar-refractivity contribution in [3.05, 3.63) is 33.4 Å². The van der Waals surface area contributed by atoms with Crippen LogP contribution in [0.25, 0.3) is 0 Å². The lowest BCUT2D eigenvalue weighted by Gasteiger charge is -2.16. The van der Waals surface area contributed by atoms with Crippen LogP contribution in [-0.4, -0.2) is 35.6 Å². The highest BCUT2D eigenvalue weighted by Gasteiger charge is 2.25. The number of nitrogens with zero attached hydrogens (tertiary/aromatic N) is 1. The van der Waals surface area contributed by atoms with Gasteiger partial charge in [-0.3, -0.25) is 4.79 Å². The normalized spacial score (nSPS) is 19.6. The van der Waals surface area contributed by atoms with Crippen molar-refractivity contribution in [2.75, 3.05) is 19.7 Å². The van der Waals surface area contributed by atoms with Crippen LogP contribution in [0.3, 0.4) is 0 Å². The molecular weight excluding hydrogens is 329 g/mol. The van der Waals surface area contributed by atoms with Crippen molar-refractivity contribution >= 4 is 28.5 Å². The minimum absolute atomic E-state index is 0.171. The first kappa shape index (κ1) is 12.8. The van der Waals surface area contributed by atoms with E-state index in [1.807, 2.05) is 29.2 Å². The van der Waals surface area contributed by atoms with E-state index in [0.717, 1.165) is 22.1 Å². The van der Waals surface area contributed by atoms with Gasteiger partial charge in [0, 0.05) is 29.2 Å². The summed E-state index contributed by atoms with van der Waals surface area (Å²) < 4.78 is 1.14. The summed E-state index contributed by atoms with van der Waals surface area (Å²) in [7, 11) is 0. The highest BCUT2D eigenvalue weighted by molar-refractivity contribution is 14.1. The Kier molecular flexibility index (Phi) is 4.39. The van der Waals surface area contributed by atoms with E-state index < -0.39 is 0 Å². The summed E-state index contributed by atoms with van der Waals surface area (Å²) in [6, 6.07) is 7.96. The molecule has 1 fully saturated rings. The Hall–Kier alpha value is -0.620. The Morgan fingerprint density at radius 1 is 1.47 bits per heavy atom. The van der Waals surface area contributed by atoms with Crippen molar-refractivity contribution < 1.29 is 9.90 Å². The van der Waals surface area contributed by atoms with Crippen LogP contribution in [0.15, 0.2) is 24.3 Å². The molecule has 0 saturated carbocycles. The van der Waals surface area contributed by atoms with Gasteiger partial charge in [-0.05, 0) is 40.6 Å². The third kappa shape index (κ3) is 3.19. The molecule has 1 heterocycles. The van der Waals surface area contributed by atoms with Crippen LogP contribution in [-0.2, 0) is 11.2 Å². The van der Waals surface area contributed by atoms with Gasteiger partial charge in [0.25, 0.3) is 0 Å². The van der Waals surface area contributed by atoms with Crippen LogP contribution in [0.2, 0.25) is 0 Å². The summed E-state index contributed by atoms with van der Waals surface area (Å²) in [5, 5.41) is 9.06. The van der Waals surface area contributed by atoms with Gasteiger partial charge in [0.15, 0.2) is 0 Å². The topological polar surface area (TPSA) is 40.5 Å². The maximum absolute atomic E-state index is 12.1. The number of hydrogen-bond donors (Lipinski definition) is 1. The molecule has 92 valence electrons. The number of amides is 1. The summed E-state index contributed by atoms with van der Waals surface area (Å²) in [4.78, 5) is 13.9. The molecule has 0 bridgehead atoms. The zero-order valence-corrected chi connectivity index (χ0v) is 11.8. The fourth-order valence-corrected chi connectivity index (χ4v) is 2.70. The van der Waals surface area contributed by atoms with E-state index in [9.17, 15) is 4.79 Å². The monoisotopic (exact) mass is 345 g/mol. The molecule has 0 radical (unpaired) electrons. The standard InChI is InChI=1S/C13H16INO2/c14-12-4-2-1-3-11(12)7-13(17)15-6-5-10(8-15)9-16/h1-4,10,16H,5-9H2. The van der Waals surface area contributed by atoms with Crippen LogP contribution in [0.1, 0.15) is 12.0 Å². The quantitative estimate of drug-likeness (QED) is 0.847. The molecule has 1 amide bonds. The second kappa shape index (κ2) is 5.82. The van der Waals surface area contributed by atoms with Crippen molar-refractivity contribution in [3.63, 3.8) is 0 Å². The fourth-order valence-electron chi connectivity index (χ4n) is 2.12. The molecule has 0 spiro atoms. The molecule has 0 aliphatic carbocycles. The van der Waals surface area contributed by atoms with E-state index in [1.165, 1.54) is 0 Å². The average Bonchev–Trinajstić information content (AvgIpc) is 2.81. The molecule has 0 aromatic heterocycles. The first-order chi connectivity index (χ1) is 8.20. The molecule has 1 N–H and O–H groups in total. The number of carbonyl (C=O) groups excluding carboxylic acids is 1. The zero-order valence-electron chi connectivity index (χ0n) is 9.60. The molecule has 1 unspecified atom stereocenters. The SMILES string of the molecule is O=C(Cc1ccccc1I)N1CCC(CO)C1. The number of rotatable bonds is 3. The van der Waals surface area contributed by atoms with Crippen molar-refractivity contribution in [3.8, 4) is 0 Å². The maximum atomic E-state index is 12.1. The second-order valence-corrected chi connectivity index (χ2v) is 5.61. The van der Waals surface area contributed by atoms with Crippen molar-refractivity contribution in [1.29, 1.82) is 0 Å². The predicted octanol–water partition coefficient (Wildman–Crippen LogP) is 1.67. The van der Waals surface area contributed by atoms with Crippen LogP contribution >= 0.6 is 22.6 Å². The van der Waals surface area contributed by atoms with Gasteiger partial charge in [0.05, 0.1) is 6.42 Å². The van der Waals surface area contributed by atoms with Gasteiger partial charge in [-0.2, -0.15) is 0 Å². The lowest BCUT2D eigenvalue weighted by Crippen LogP contribution is -2.30. The van der Waals surface area contributed by atoms with Gasteiger partial charge in [0.1, 0.15) is 0 Å². The molecular formula is C13H16INO2. The van der Waals surface area contributed by atoms with E-state index in [-0.39, 0.29) is 18.4 Å². The minimum atomic E-state index is 0.171. The van der Waals surface area contributed by atoms with Crippen LogP contribution in [0.4, 0.5) is 0 Å². The summed E-state index contributed by atoms with van der Waals surface area (Å²) in [5.74, 6) is 0.443. The number of aliphatic hydroxyl groups excluding tert-OH is 1. The number of carbonyl (C=O) groups is 1. The molecule has 1 aromatic carbocycles. The molecule has 1 saturated heterocycles. The number of hydrogen-bond acceptors (Lipinski definition) is 2. The summed E-state index contributed by atoms with van der Waals surface area (Å²) in [6.45, 7) is 1.68. The van der Waals surface area contributed by atoms with Crippen molar-refractivity contribution in [2.24, 2.45) is 5.92 Å². The molecule has 1 aliphatic heterocycles. The summed E-state index contributed by atoms with van der Waals surface area (Å²) in [5.41, 5.74) is 1.09. The third-order valence-electron chi connectivity index (χ3n) is 3.20. The Morgan fingerprint density at radius 3 is 2.88 bits per heavy atom. The van der Waals surface area contributed by atoms with Gasteiger partial charge in [-0.25, -0.2) is 0 Å². The van der Waals surface area contributed by atoms with Crippen LogP contribution in [0.5, 0.6) is 0 Å². The Bertz CT molecular complexity index is 408. The molecule has 4 heteroatoms. The van der Waals surface area contributed by atoms with Gasteiger partial charge >= 0.3 is 0 Å². The fraction of sp³-hybridized carbons (Fsp3) is 0.462. The first-order valence-electron chi connectivity index (χ1n) is 5.82. The van der Waals surface area contributed by atoms with Crippen LogP contribution < -0.4 is 0 Å². The Balaban J connectivity index is 1.96. The van der Waals surface area contributed by atoms with Crippen molar-refractivity contribution in [1.82, 2.24) is 4.90 Å². The number of benzene rings is 1. The Morgan fingerprint density at radius 2 is 2.24 bits per heavy atom. The smallest absolute Gasteiger partial charge is 0.227 e. The molecule has 2 rings (SSSR count). The first-order valence-corrected chi connectivity index (χ1v) is 6.90. The molecule has 3 nitrogen and oxygen atoms in total. The van der Waals surface area contributed by atoms with Crippen molar-refractivity contribution in [2.45, 2.75) is 12.8 Å². The zero-order chi connectivity index (χ0) is 12.3. The average molecular weight is 345 g/mol. The minimum Gasteiger partial charge on any atom is -0.396 e. The predicted molar refractivity (Wildman–Crippen MR) is 74.6 cm³/mol. The largest absolute Gasteiger partial charge is 0.396 e. The molecule has 17 heavy (non-hydrogen) atoms. The molecule has 1 aliphatic rings. The number of likely N-dealkylation sites (tertiary alicyclic amines) is 1. The molecule has 1 atom stereocenters. The third-order valence-corrected chi connectivity index (χ3v) is 4.25. The number of aliphatic hydroxyl groups is 1.